The summed E-state index contributed by atoms with van der Waals surface area (Å²) in [5.74, 6) is -0.508. The first-order valence-electron chi connectivity index (χ1n) is 4.81. The van der Waals surface area contributed by atoms with Gasteiger partial charge in [-0.3, -0.25) is 9.59 Å². The fourth-order valence-electron chi connectivity index (χ4n) is 1.21. The van der Waals surface area contributed by atoms with E-state index < -0.39 is 11.3 Å². The minimum absolute atomic E-state index is 0.0561. The van der Waals surface area contributed by atoms with Crippen LogP contribution < -0.4 is 5.73 Å². The molecule has 0 aliphatic carbocycles. The van der Waals surface area contributed by atoms with Crippen LogP contribution >= 0.6 is 0 Å². The van der Waals surface area contributed by atoms with Crippen molar-refractivity contribution in [1.82, 2.24) is 0 Å². The highest BCUT2D eigenvalue weighted by Crippen LogP contribution is 2.22. The number of Topliss-reactive ketones (excluding diaryl/α,β-unsaturated/α-hetero) is 1. The number of hydrogen-bond donors (Lipinski definition) is 1. The monoisotopic (exact) mass is 205 g/mol. The van der Waals surface area contributed by atoms with E-state index in [1.54, 1.807) is 38.1 Å². The third kappa shape index (κ3) is 2.91. The molecular formula is C12H15NO2. The first-order chi connectivity index (χ1) is 6.93. The Kier molecular flexibility index (Phi) is 3.24. The molecule has 1 aromatic carbocycles. The molecule has 0 saturated carbocycles. The van der Waals surface area contributed by atoms with Crippen LogP contribution in [0.15, 0.2) is 30.3 Å². The van der Waals surface area contributed by atoms with Gasteiger partial charge in [-0.2, -0.15) is 0 Å². The highest BCUT2D eigenvalue weighted by atomic mass is 16.1. The summed E-state index contributed by atoms with van der Waals surface area (Å²) in [4.78, 5) is 22.8. The van der Waals surface area contributed by atoms with Crippen LogP contribution in [0.3, 0.4) is 0 Å². The van der Waals surface area contributed by atoms with E-state index in [2.05, 4.69) is 0 Å². The summed E-state index contributed by atoms with van der Waals surface area (Å²) in [6.07, 6.45) is 0.145. The number of rotatable bonds is 4. The molecule has 1 aromatic rings. The van der Waals surface area contributed by atoms with E-state index in [0.717, 1.165) is 0 Å². The van der Waals surface area contributed by atoms with Gasteiger partial charge in [0.1, 0.15) is 0 Å². The molecule has 0 aromatic heterocycles. The minimum atomic E-state index is -0.785. The summed E-state index contributed by atoms with van der Waals surface area (Å²) < 4.78 is 0. The van der Waals surface area contributed by atoms with Crippen molar-refractivity contribution in [2.75, 3.05) is 0 Å². The Hall–Kier alpha value is -1.64. The van der Waals surface area contributed by atoms with Crippen LogP contribution in [0.4, 0.5) is 0 Å². The zero-order valence-corrected chi connectivity index (χ0v) is 8.99. The number of ketones is 1. The Morgan fingerprint density at radius 1 is 1.20 bits per heavy atom. The zero-order chi connectivity index (χ0) is 11.5. The quantitative estimate of drug-likeness (QED) is 0.761. The minimum Gasteiger partial charge on any atom is -0.369 e. The predicted octanol–water partition coefficient (Wildman–Crippen LogP) is 1.77. The van der Waals surface area contributed by atoms with E-state index in [4.69, 9.17) is 5.73 Å². The molecule has 0 aliphatic rings. The normalized spacial score (nSPS) is 11.1. The maximum atomic E-state index is 11.8. The van der Waals surface area contributed by atoms with E-state index in [1.807, 2.05) is 6.07 Å². The van der Waals surface area contributed by atoms with Crippen molar-refractivity contribution >= 4 is 11.7 Å². The van der Waals surface area contributed by atoms with Gasteiger partial charge in [0, 0.05) is 12.0 Å². The van der Waals surface area contributed by atoms with Gasteiger partial charge in [0.2, 0.25) is 5.91 Å². The first kappa shape index (κ1) is 11.4. The van der Waals surface area contributed by atoms with Crippen LogP contribution in [0.1, 0.15) is 30.6 Å². The number of carbonyl (C=O) groups is 2. The molecule has 1 amide bonds. The molecule has 2 N–H and O–H groups in total. The van der Waals surface area contributed by atoms with Crippen LogP contribution in [0.25, 0.3) is 0 Å². The summed E-state index contributed by atoms with van der Waals surface area (Å²) in [5, 5.41) is 0. The SMILES string of the molecule is CC(C)(CC(=O)c1ccccc1)C(N)=O. The molecule has 15 heavy (non-hydrogen) atoms. The van der Waals surface area contributed by atoms with Gasteiger partial charge in [0.15, 0.2) is 5.78 Å². The second kappa shape index (κ2) is 4.26. The van der Waals surface area contributed by atoms with Gasteiger partial charge in [-0.1, -0.05) is 44.2 Å². The molecule has 0 spiro atoms. The molecular weight excluding hydrogens is 190 g/mol. The van der Waals surface area contributed by atoms with E-state index >= 15 is 0 Å². The van der Waals surface area contributed by atoms with Gasteiger partial charge >= 0.3 is 0 Å². The topological polar surface area (TPSA) is 60.2 Å². The highest BCUT2D eigenvalue weighted by Gasteiger charge is 2.28. The van der Waals surface area contributed by atoms with E-state index in [0.29, 0.717) is 5.56 Å². The predicted molar refractivity (Wildman–Crippen MR) is 58.4 cm³/mol. The number of amides is 1. The number of hydrogen-bond acceptors (Lipinski definition) is 2. The van der Waals surface area contributed by atoms with Crippen LogP contribution in [0.5, 0.6) is 0 Å². The zero-order valence-electron chi connectivity index (χ0n) is 8.99. The lowest BCUT2D eigenvalue weighted by Crippen LogP contribution is -2.33. The average Bonchev–Trinajstić information content (AvgIpc) is 2.18. The molecule has 3 heteroatoms. The highest BCUT2D eigenvalue weighted by molar-refractivity contribution is 5.99. The number of nitrogens with two attached hydrogens (primary N) is 1. The standard InChI is InChI=1S/C12H15NO2/c1-12(2,11(13)15)8-10(14)9-6-4-3-5-7-9/h3-7H,8H2,1-2H3,(H2,13,15). The maximum absolute atomic E-state index is 11.8. The number of primary amides is 1. The Balaban J connectivity index is 2.77. The summed E-state index contributed by atoms with van der Waals surface area (Å²) in [5.41, 5.74) is 5.04. The second-order valence-electron chi connectivity index (χ2n) is 4.21. The Bertz CT molecular complexity index is 368. The number of benzene rings is 1. The molecule has 0 radical (unpaired) electrons. The molecule has 0 bridgehead atoms. The smallest absolute Gasteiger partial charge is 0.223 e. The number of carbonyl (C=O) groups excluding carboxylic acids is 2. The largest absolute Gasteiger partial charge is 0.369 e. The van der Waals surface area contributed by atoms with Gasteiger partial charge in [0.25, 0.3) is 0 Å². The lowest BCUT2D eigenvalue weighted by Gasteiger charge is -2.18. The molecule has 1 rings (SSSR count). The van der Waals surface area contributed by atoms with Crippen LogP contribution in [0.2, 0.25) is 0 Å². The van der Waals surface area contributed by atoms with E-state index in [1.165, 1.54) is 0 Å². The van der Waals surface area contributed by atoms with Crippen molar-refractivity contribution in [2.24, 2.45) is 11.1 Å². The summed E-state index contributed by atoms with van der Waals surface area (Å²) in [6.45, 7) is 3.35. The van der Waals surface area contributed by atoms with Gasteiger partial charge in [-0.15, -0.1) is 0 Å². The molecule has 0 fully saturated rings. The third-order valence-electron chi connectivity index (χ3n) is 2.37. The second-order valence-corrected chi connectivity index (χ2v) is 4.21. The molecule has 0 atom stereocenters. The van der Waals surface area contributed by atoms with Crippen molar-refractivity contribution in [3.63, 3.8) is 0 Å². The molecule has 3 nitrogen and oxygen atoms in total. The van der Waals surface area contributed by atoms with Crippen molar-refractivity contribution in [1.29, 1.82) is 0 Å². The summed E-state index contributed by atoms with van der Waals surface area (Å²) >= 11 is 0. The van der Waals surface area contributed by atoms with Crippen LogP contribution in [0, 0.1) is 5.41 Å². The Morgan fingerprint density at radius 2 is 1.73 bits per heavy atom. The van der Waals surface area contributed by atoms with Gasteiger partial charge in [-0.25, -0.2) is 0 Å². The maximum Gasteiger partial charge on any atom is 0.223 e. The third-order valence-corrected chi connectivity index (χ3v) is 2.37. The van der Waals surface area contributed by atoms with Crippen molar-refractivity contribution < 1.29 is 9.59 Å². The van der Waals surface area contributed by atoms with E-state index in [-0.39, 0.29) is 12.2 Å². The average molecular weight is 205 g/mol. The summed E-state index contributed by atoms with van der Waals surface area (Å²) in [7, 11) is 0. The van der Waals surface area contributed by atoms with Crippen LogP contribution in [-0.2, 0) is 4.79 Å². The van der Waals surface area contributed by atoms with Crippen LogP contribution in [-0.4, -0.2) is 11.7 Å². The molecule has 0 heterocycles. The van der Waals surface area contributed by atoms with Gasteiger partial charge < -0.3 is 5.73 Å². The van der Waals surface area contributed by atoms with Crippen molar-refractivity contribution in [3.8, 4) is 0 Å². The van der Waals surface area contributed by atoms with E-state index in [9.17, 15) is 9.59 Å². The molecule has 80 valence electrons. The molecule has 0 saturated heterocycles. The molecule has 0 aliphatic heterocycles. The fraction of sp³-hybridized carbons (Fsp3) is 0.333. The van der Waals surface area contributed by atoms with Crippen molar-refractivity contribution in [3.05, 3.63) is 35.9 Å². The van der Waals surface area contributed by atoms with Gasteiger partial charge in [-0.05, 0) is 0 Å². The Labute approximate surface area is 89.3 Å². The van der Waals surface area contributed by atoms with Gasteiger partial charge in [0.05, 0.1) is 5.41 Å². The first-order valence-corrected chi connectivity index (χ1v) is 4.81. The Morgan fingerprint density at radius 3 is 2.20 bits per heavy atom. The van der Waals surface area contributed by atoms with Crippen molar-refractivity contribution in [2.45, 2.75) is 20.3 Å². The lowest BCUT2D eigenvalue weighted by atomic mass is 9.85. The fourth-order valence-corrected chi connectivity index (χ4v) is 1.21. The lowest BCUT2D eigenvalue weighted by molar-refractivity contribution is -0.125. The summed E-state index contributed by atoms with van der Waals surface area (Å²) in [6, 6.07) is 8.91. The molecule has 0 unspecified atom stereocenters.